The number of nitrogens with zero attached hydrogens (tertiary/aromatic N) is 3. The van der Waals surface area contributed by atoms with E-state index < -0.39 is 0 Å². The van der Waals surface area contributed by atoms with Crippen LogP contribution in [0.15, 0.2) is 0 Å². The van der Waals surface area contributed by atoms with Gasteiger partial charge in [-0.2, -0.15) is 5.10 Å². The number of amides is 1. The van der Waals surface area contributed by atoms with E-state index in [9.17, 15) is 4.79 Å². The van der Waals surface area contributed by atoms with Gasteiger partial charge in [0.15, 0.2) is 5.69 Å². The number of carbonyl (C=O) groups is 1. The summed E-state index contributed by atoms with van der Waals surface area (Å²) in [4.78, 5) is 15.4. The molecule has 5 heteroatoms. The Morgan fingerprint density at radius 1 is 1.33 bits per heavy atom. The molecule has 0 radical (unpaired) electrons. The standard InChI is InChI=1S/C19H31N3O2/c1-11(2)22(14-9-19(5,6)10-14)18(23)16-15-8-12(3)24-13(4)17(15)21(7)20-16/h11-14H,8-10H2,1-7H3/t12-,13+/m0/s1. The number of ether oxygens (including phenoxy) is 1. The molecule has 2 atom stereocenters. The van der Waals surface area contributed by atoms with Crippen LogP contribution < -0.4 is 0 Å². The van der Waals surface area contributed by atoms with Crippen LogP contribution in [0.1, 0.15) is 82.2 Å². The molecule has 0 bridgehead atoms. The van der Waals surface area contributed by atoms with Crippen LogP contribution in [0.25, 0.3) is 0 Å². The number of carbonyl (C=O) groups excluding carboxylic acids is 1. The van der Waals surface area contributed by atoms with E-state index in [4.69, 9.17) is 4.74 Å². The largest absolute Gasteiger partial charge is 0.369 e. The third-order valence-electron chi connectivity index (χ3n) is 5.47. The van der Waals surface area contributed by atoms with Crippen molar-refractivity contribution in [3.8, 4) is 0 Å². The van der Waals surface area contributed by atoms with E-state index in [1.807, 2.05) is 18.7 Å². The molecule has 0 spiro atoms. The molecule has 3 rings (SSSR count). The zero-order valence-corrected chi connectivity index (χ0v) is 16.1. The van der Waals surface area contributed by atoms with Crippen LogP contribution in [0.4, 0.5) is 0 Å². The minimum atomic E-state index is -0.0158. The molecule has 1 amide bonds. The maximum absolute atomic E-state index is 13.3. The smallest absolute Gasteiger partial charge is 0.275 e. The highest BCUT2D eigenvalue weighted by Gasteiger charge is 2.43. The maximum atomic E-state index is 13.3. The number of rotatable bonds is 3. The molecule has 1 saturated carbocycles. The Bertz CT molecular complexity index is 639. The molecular weight excluding hydrogens is 302 g/mol. The van der Waals surface area contributed by atoms with Crippen molar-refractivity contribution in [3.05, 3.63) is 17.0 Å². The van der Waals surface area contributed by atoms with Crippen LogP contribution in [0.3, 0.4) is 0 Å². The van der Waals surface area contributed by atoms with Gasteiger partial charge in [-0.05, 0) is 46.0 Å². The van der Waals surface area contributed by atoms with E-state index in [-0.39, 0.29) is 24.2 Å². The van der Waals surface area contributed by atoms with Crippen molar-refractivity contribution in [2.75, 3.05) is 0 Å². The van der Waals surface area contributed by atoms with Gasteiger partial charge in [-0.15, -0.1) is 0 Å². The van der Waals surface area contributed by atoms with Crippen LogP contribution in [0.2, 0.25) is 0 Å². The van der Waals surface area contributed by atoms with E-state index in [1.165, 1.54) is 0 Å². The molecule has 0 saturated heterocycles. The third kappa shape index (κ3) is 2.87. The average molecular weight is 333 g/mol. The zero-order valence-electron chi connectivity index (χ0n) is 16.1. The molecular formula is C19H31N3O2. The van der Waals surface area contributed by atoms with Gasteiger partial charge in [0.25, 0.3) is 5.91 Å². The first kappa shape index (κ1) is 17.5. The molecule has 0 aromatic carbocycles. The van der Waals surface area contributed by atoms with Gasteiger partial charge in [0.2, 0.25) is 0 Å². The number of hydrogen-bond donors (Lipinski definition) is 0. The predicted molar refractivity (Wildman–Crippen MR) is 94.0 cm³/mol. The quantitative estimate of drug-likeness (QED) is 0.851. The monoisotopic (exact) mass is 333 g/mol. The van der Waals surface area contributed by atoms with Crippen molar-refractivity contribution < 1.29 is 9.53 Å². The fourth-order valence-electron chi connectivity index (χ4n) is 4.57. The van der Waals surface area contributed by atoms with Crippen LogP contribution in [-0.4, -0.2) is 38.8 Å². The van der Waals surface area contributed by atoms with Gasteiger partial charge in [0.05, 0.1) is 17.9 Å². The van der Waals surface area contributed by atoms with Crippen molar-refractivity contribution in [1.82, 2.24) is 14.7 Å². The fraction of sp³-hybridized carbons (Fsp3) is 0.789. The normalized spacial score (nSPS) is 26.2. The van der Waals surface area contributed by atoms with Gasteiger partial charge < -0.3 is 9.64 Å². The SMILES string of the molecule is CC(C)N(C(=O)c1nn(C)c2c1C[C@H](C)O[C@@H]2C)C1CC(C)(C)C1. The molecule has 134 valence electrons. The zero-order chi connectivity index (χ0) is 17.8. The van der Waals surface area contributed by atoms with Crippen molar-refractivity contribution in [3.63, 3.8) is 0 Å². The van der Waals surface area contributed by atoms with E-state index in [0.717, 1.165) is 30.5 Å². The lowest BCUT2D eigenvalue weighted by molar-refractivity contribution is -0.00929. The lowest BCUT2D eigenvalue weighted by Gasteiger charge is -2.49. The first-order valence-electron chi connectivity index (χ1n) is 9.14. The predicted octanol–water partition coefficient (Wildman–Crippen LogP) is 3.48. The summed E-state index contributed by atoms with van der Waals surface area (Å²) in [5.41, 5.74) is 3.11. The van der Waals surface area contributed by atoms with E-state index >= 15 is 0 Å². The molecule has 1 aromatic rings. The molecule has 24 heavy (non-hydrogen) atoms. The lowest BCUT2D eigenvalue weighted by Crippen LogP contribution is -2.54. The first-order valence-corrected chi connectivity index (χ1v) is 9.14. The maximum Gasteiger partial charge on any atom is 0.275 e. The summed E-state index contributed by atoms with van der Waals surface area (Å²) < 4.78 is 7.75. The Kier molecular flexibility index (Phi) is 4.27. The fourth-order valence-corrected chi connectivity index (χ4v) is 4.57. The molecule has 1 aliphatic carbocycles. The molecule has 1 aliphatic heterocycles. The Morgan fingerprint density at radius 3 is 2.50 bits per heavy atom. The summed E-state index contributed by atoms with van der Waals surface area (Å²) in [6.07, 6.45) is 3.01. The van der Waals surface area contributed by atoms with Crippen molar-refractivity contribution >= 4 is 5.91 Å². The lowest BCUT2D eigenvalue weighted by atomic mass is 9.67. The molecule has 5 nitrogen and oxygen atoms in total. The number of fused-ring (bicyclic) bond motifs is 1. The second-order valence-electron chi connectivity index (χ2n) is 8.66. The second kappa shape index (κ2) is 5.87. The summed E-state index contributed by atoms with van der Waals surface area (Å²) in [7, 11) is 1.91. The number of aromatic nitrogens is 2. The van der Waals surface area contributed by atoms with E-state index in [0.29, 0.717) is 17.2 Å². The number of hydrogen-bond acceptors (Lipinski definition) is 3. The van der Waals surface area contributed by atoms with Crippen molar-refractivity contribution in [2.45, 2.75) is 85.1 Å². The van der Waals surface area contributed by atoms with Gasteiger partial charge in [-0.1, -0.05) is 13.8 Å². The van der Waals surface area contributed by atoms with E-state index in [1.54, 1.807) is 0 Å². The van der Waals surface area contributed by atoms with Crippen molar-refractivity contribution in [2.24, 2.45) is 12.5 Å². The highest BCUT2D eigenvalue weighted by Crippen LogP contribution is 2.44. The van der Waals surface area contributed by atoms with Crippen LogP contribution in [0, 0.1) is 5.41 Å². The summed E-state index contributed by atoms with van der Waals surface area (Å²) in [6, 6.07) is 0.519. The van der Waals surface area contributed by atoms with Crippen LogP contribution in [0.5, 0.6) is 0 Å². The van der Waals surface area contributed by atoms with Gasteiger partial charge in [0.1, 0.15) is 0 Å². The highest BCUT2D eigenvalue weighted by atomic mass is 16.5. The second-order valence-corrected chi connectivity index (χ2v) is 8.66. The molecule has 0 unspecified atom stereocenters. The molecule has 2 heterocycles. The van der Waals surface area contributed by atoms with Crippen LogP contribution in [-0.2, 0) is 18.2 Å². The minimum Gasteiger partial charge on any atom is -0.369 e. The Morgan fingerprint density at radius 2 is 1.96 bits per heavy atom. The summed E-state index contributed by atoms with van der Waals surface area (Å²) >= 11 is 0. The number of aryl methyl sites for hydroxylation is 1. The average Bonchev–Trinajstić information content (AvgIpc) is 2.73. The minimum absolute atomic E-state index is 0.0158. The Labute approximate surface area is 145 Å². The van der Waals surface area contributed by atoms with Crippen molar-refractivity contribution in [1.29, 1.82) is 0 Å². The Balaban J connectivity index is 1.93. The molecule has 1 fully saturated rings. The van der Waals surface area contributed by atoms with Gasteiger partial charge >= 0.3 is 0 Å². The van der Waals surface area contributed by atoms with Gasteiger partial charge in [-0.25, -0.2) is 0 Å². The molecule has 2 aliphatic rings. The highest BCUT2D eigenvalue weighted by molar-refractivity contribution is 5.94. The molecule has 1 aromatic heterocycles. The first-order chi connectivity index (χ1) is 11.1. The van der Waals surface area contributed by atoms with Gasteiger partial charge in [-0.3, -0.25) is 9.48 Å². The third-order valence-corrected chi connectivity index (χ3v) is 5.47. The van der Waals surface area contributed by atoms with E-state index in [2.05, 4.69) is 44.6 Å². The molecule has 0 N–H and O–H groups in total. The van der Waals surface area contributed by atoms with Crippen LogP contribution >= 0.6 is 0 Å². The topological polar surface area (TPSA) is 47.4 Å². The van der Waals surface area contributed by atoms with Gasteiger partial charge in [0, 0.05) is 31.1 Å². The Hall–Kier alpha value is -1.36. The summed E-state index contributed by atoms with van der Waals surface area (Å²) in [5, 5.41) is 4.60. The summed E-state index contributed by atoms with van der Waals surface area (Å²) in [5.74, 6) is 0.0867. The summed E-state index contributed by atoms with van der Waals surface area (Å²) in [6.45, 7) is 12.9.